The molecule has 7 heteroatoms. The van der Waals surface area contributed by atoms with Crippen LogP contribution in [0.2, 0.25) is 0 Å². The molecule has 1 saturated carbocycles. The maximum atomic E-state index is 12.1. The molecule has 0 bridgehead atoms. The van der Waals surface area contributed by atoms with E-state index >= 15 is 0 Å². The third kappa shape index (κ3) is 4.63. The van der Waals surface area contributed by atoms with Crippen molar-refractivity contribution in [3.05, 3.63) is 48.3 Å². The number of aromatic nitrogens is 3. The lowest BCUT2D eigenvalue weighted by atomic mass is 10.2. The van der Waals surface area contributed by atoms with Crippen LogP contribution in [0.5, 0.6) is 5.75 Å². The zero-order valence-electron chi connectivity index (χ0n) is 14.3. The second kappa shape index (κ2) is 8.20. The van der Waals surface area contributed by atoms with Crippen molar-refractivity contribution in [3.8, 4) is 5.75 Å². The van der Waals surface area contributed by atoms with Crippen LogP contribution in [-0.4, -0.2) is 33.5 Å². The molecule has 132 valence electrons. The lowest BCUT2D eigenvalue weighted by molar-refractivity contribution is -0.118. The van der Waals surface area contributed by atoms with Crippen LogP contribution in [0.4, 0.5) is 0 Å². The molecule has 1 aromatic heterocycles. The predicted octanol–water partition coefficient (Wildman–Crippen LogP) is 2.76. The van der Waals surface area contributed by atoms with Crippen molar-refractivity contribution in [2.45, 2.75) is 37.0 Å². The minimum absolute atomic E-state index is 0.0334. The Balaban J connectivity index is 1.52. The van der Waals surface area contributed by atoms with E-state index in [4.69, 9.17) is 4.74 Å². The molecule has 1 N–H and O–H groups in total. The number of carbonyl (C=O) groups is 1. The van der Waals surface area contributed by atoms with Crippen molar-refractivity contribution in [3.63, 3.8) is 0 Å². The van der Waals surface area contributed by atoms with Gasteiger partial charge in [0.2, 0.25) is 5.91 Å². The van der Waals surface area contributed by atoms with E-state index in [9.17, 15) is 4.79 Å². The first-order valence-corrected chi connectivity index (χ1v) is 9.26. The average molecular weight is 358 g/mol. The molecular formula is C18H22N4O2S. The second-order valence-corrected chi connectivity index (χ2v) is 6.87. The summed E-state index contributed by atoms with van der Waals surface area (Å²) < 4.78 is 7.25. The molecule has 0 radical (unpaired) electrons. The van der Waals surface area contributed by atoms with Gasteiger partial charge in [-0.1, -0.05) is 30.0 Å². The van der Waals surface area contributed by atoms with Crippen molar-refractivity contribution in [2.24, 2.45) is 0 Å². The molecule has 2 aromatic rings. The fourth-order valence-corrected chi connectivity index (χ4v) is 3.30. The van der Waals surface area contributed by atoms with Gasteiger partial charge in [0.15, 0.2) is 5.16 Å². The van der Waals surface area contributed by atoms with Gasteiger partial charge in [-0.05, 0) is 30.5 Å². The quantitative estimate of drug-likeness (QED) is 0.551. The van der Waals surface area contributed by atoms with Crippen molar-refractivity contribution in [1.82, 2.24) is 20.1 Å². The fourth-order valence-electron chi connectivity index (χ4n) is 2.52. The molecule has 1 amide bonds. The van der Waals surface area contributed by atoms with E-state index in [1.807, 2.05) is 30.3 Å². The number of ether oxygens (including phenoxy) is 1. The van der Waals surface area contributed by atoms with E-state index in [-0.39, 0.29) is 5.91 Å². The van der Waals surface area contributed by atoms with E-state index in [0.717, 1.165) is 22.3 Å². The lowest BCUT2D eigenvalue weighted by Gasteiger charge is -2.08. The van der Waals surface area contributed by atoms with Gasteiger partial charge in [-0.3, -0.25) is 4.79 Å². The predicted molar refractivity (Wildman–Crippen MR) is 97.8 cm³/mol. The Bertz CT molecular complexity index is 755. The number of amides is 1. The second-order valence-electron chi connectivity index (χ2n) is 5.93. The summed E-state index contributed by atoms with van der Waals surface area (Å²) in [7, 11) is 1.63. The van der Waals surface area contributed by atoms with Crippen LogP contribution in [0.25, 0.3) is 0 Å². The molecule has 1 aliphatic carbocycles. The largest absolute Gasteiger partial charge is 0.497 e. The number of thioether (sulfide) groups is 1. The van der Waals surface area contributed by atoms with Gasteiger partial charge in [0.25, 0.3) is 0 Å². The van der Waals surface area contributed by atoms with Gasteiger partial charge in [-0.25, -0.2) is 0 Å². The highest BCUT2D eigenvalue weighted by atomic mass is 32.2. The summed E-state index contributed by atoms with van der Waals surface area (Å²) in [6.07, 6.45) is 4.17. The molecule has 1 aliphatic rings. The molecule has 0 unspecified atom stereocenters. The molecule has 0 aliphatic heterocycles. The van der Waals surface area contributed by atoms with Gasteiger partial charge in [-0.15, -0.1) is 16.8 Å². The van der Waals surface area contributed by atoms with Crippen LogP contribution in [0.1, 0.15) is 30.1 Å². The summed E-state index contributed by atoms with van der Waals surface area (Å²) in [6.45, 7) is 4.94. The Morgan fingerprint density at radius 1 is 1.48 bits per heavy atom. The SMILES string of the molecule is C=CCn1c(SCC(=O)NCc2cccc(OC)c2)nnc1C1CC1. The number of carbonyl (C=O) groups excluding carboxylic acids is 1. The Hall–Kier alpha value is -2.28. The Labute approximate surface area is 151 Å². The molecule has 0 saturated heterocycles. The van der Waals surface area contributed by atoms with Crippen LogP contribution < -0.4 is 10.1 Å². The number of nitrogens with zero attached hydrogens (tertiary/aromatic N) is 3. The summed E-state index contributed by atoms with van der Waals surface area (Å²) in [5, 5.41) is 12.2. The highest BCUT2D eigenvalue weighted by molar-refractivity contribution is 7.99. The molecule has 1 fully saturated rings. The fraction of sp³-hybridized carbons (Fsp3) is 0.389. The van der Waals surface area contributed by atoms with Crippen molar-refractivity contribution < 1.29 is 9.53 Å². The summed E-state index contributed by atoms with van der Waals surface area (Å²) in [6, 6.07) is 7.66. The van der Waals surface area contributed by atoms with Crippen LogP contribution in [0.3, 0.4) is 0 Å². The van der Waals surface area contributed by atoms with E-state index in [2.05, 4.69) is 26.7 Å². The van der Waals surface area contributed by atoms with Gasteiger partial charge in [0.1, 0.15) is 11.6 Å². The van der Waals surface area contributed by atoms with Crippen LogP contribution in [0.15, 0.2) is 42.1 Å². The minimum atomic E-state index is -0.0334. The maximum absolute atomic E-state index is 12.1. The first-order chi connectivity index (χ1) is 12.2. The molecule has 0 atom stereocenters. The van der Waals surface area contributed by atoms with Crippen LogP contribution in [-0.2, 0) is 17.9 Å². The summed E-state index contributed by atoms with van der Waals surface area (Å²) in [5.41, 5.74) is 1.00. The minimum Gasteiger partial charge on any atom is -0.497 e. The molecule has 6 nitrogen and oxygen atoms in total. The number of nitrogens with one attached hydrogen (secondary N) is 1. The third-order valence-electron chi connectivity index (χ3n) is 3.96. The molecular weight excluding hydrogens is 336 g/mol. The maximum Gasteiger partial charge on any atom is 0.230 e. The Morgan fingerprint density at radius 3 is 3.04 bits per heavy atom. The molecule has 25 heavy (non-hydrogen) atoms. The first-order valence-electron chi connectivity index (χ1n) is 8.27. The normalized spacial score (nSPS) is 13.5. The lowest BCUT2D eigenvalue weighted by Crippen LogP contribution is -2.24. The highest BCUT2D eigenvalue weighted by Gasteiger charge is 2.30. The summed E-state index contributed by atoms with van der Waals surface area (Å²) in [5.74, 6) is 2.59. The number of benzene rings is 1. The van der Waals surface area contributed by atoms with Gasteiger partial charge in [0, 0.05) is 19.0 Å². The highest BCUT2D eigenvalue weighted by Crippen LogP contribution is 2.40. The van der Waals surface area contributed by atoms with E-state index < -0.39 is 0 Å². The number of rotatable bonds is 9. The Kier molecular flexibility index (Phi) is 5.75. The smallest absolute Gasteiger partial charge is 0.230 e. The van der Waals surface area contributed by atoms with Gasteiger partial charge in [-0.2, -0.15) is 0 Å². The molecule has 1 aromatic carbocycles. The number of hydrogen-bond donors (Lipinski definition) is 1. The Morgan fingerprint density at radius 2 is 2.32 bits per heavy atom. The topological polar surface area (TPSA) is 69.0 Å². The first kappa shape index (κ1) is 17.5. The van der Waals surface area contributed by atoms with Crippen molar-refractivity contribution >= 4 is 17.7 Å². The zero-order valence-corrected chi connectivity index (χ0v) is 15.1. The number of methoxy groups -OCH3 is 1. The van der Waals surface area contributed by atoms with Crippen molar-refractivity contribution in [2.75, 3.05) is 12.9 Å². The van der Waals surface area contributed by atoms with E-state index in [0.29, 0.717) is 24.8 Å². The van der Waals surface area contributed by atoms with Gasteiger partial charge in [0.05, 0.1) is 12.9 Å². The average Bonchev–Trinajstić information content (AvgIpc) is 3.40. The third-order valence-corrected chi connectivity index (χ3v) is 4.92. The molecule has 0 spiro atoms. The number of allylic oxidation sites excluding steroid dienone is 1. The summed E-state index contributed by atoms with van der Waals surface area (Å²) >= 11 is 1.41. The van der Waals surface area contributed by atoms with Crippen molar-refractivity contribution in [1.29, 1.82) is 0 Å². The standard InChI is InChI=1S/C18H22N4O2S/c1-3-9-22-17(14-7-8-14)20-21-18(22)25-12-16(23)19-11-13-5-4-6-15(10-13)24-2/h3-6,10,14H,1,7-9,11-12H2,2H3,(H,19,23). The van der Waals surface area contributed by atoms with Gasteiger partial charge >= 0.3 is 0 Å². The van der Waals surface area contributed by atoms with E-state index in [1.54, 1.807) is 7.11 Å². The summed E-state index contributed by atoms with van der Waals surface area (Å²) in [4.78, 5) is 12.1. The molecule has 1 heterocycles. The van der Waals surface area contributed by atoms with Crippen LogP contribution >= 0.6 is 11.8 Å². The van der Waals surface area contributed by atoms with Gasteiger partial charge < -0.3 is 14.6 Å². The van der Waals surface area contributed by atoms with Crippen LogP contribution in [0, 0.1) is 0 Å². The monoisotopic (exact) mass is 358 g/mol. The molecule has 3 rings (SSSR count). The van der Waals surface area contributed by atoms with E-state index in [1.165, 1.54) is 24.6 Å². The number of hydrogen-bond acceptors (Lipinski definition) is 5. The zero-order chi connectivity index (χ0) is 17.6.